The molecule has 2 N–H and O–H groups in total. The molecule has 2 aromatic rings. The zero-order valence-corrected chi connectivity index (χ0v) is 14.0. The average Bonchev–Trinajstić information content (AvgIpc) is 3.47. The van der Waals surface area contributed by atoms with Gasteiger partial charge in [-0.15, -0.1) is 0 Å². The molecular formula is C20H24N2O2. The number of carbonyl (C=O) groups is 1. The van der Waals surface area contributed by atoms with E-state index in [0.717, 1.165) is 42.8 Å². The summed E-state index contributed by atoms with van der Waals surface area (Å²) < 4.78 is 5.42. The van der Waals surface area contributed by atoms with Crippen molar-refractivity contribution in [3.05, 3.63) is 54.1 Å². The van der Waals surface area contributed by atoms with Crippen LogP contribution in [0.1, 0.15) is 18.4 Å². The second-order valence-corrected chi connectivity index (χ2v) is 6.14. The first-order chi connectivity index (χ1) is 11.8. The highest BCUT2D eigenvalue weighted by Gasteiger charge is 2.28. The first-order valence-corrected chi connectivity index (χ1v) is 8.48. The van der Waals surface area contributed by atoms with Crippen molar-refractivity contribution in [3.8, 4) is 16.9 Å². The molecule has 0 radical (unpaired) electrons. The lowest BCUT2D eigenvalue weighted by Crippen LogP contribution is -2.32. The molecule has 1 fully saturated rings. The van der Waals surface area contributed by atoms with Crippen LogP contribution in [0.25, 0.3) is 11.1 Å². The van der Waals surface area contributed by atoms with E-state index in [2.05, 4.69) is 41.0 Å². The lowest BCUT2D eigenvalue weighted by molar-refractivity contribution is -0.122. The Hall–Kier alpha value is -2.33. The highest BCUT2D eigenvalue weighted by Crippen LogP contribution is 2.29. The van der Waals surface area contributed by atoms with Crippen LogP contribution < -0.4 is 15.4 Å². The minimum Gasteiger partial charge on any atom is -0.496 e. The van der Waals surface area contributed by atoms with E-state index in [4.69, 9.17) is 4.74 Å². The molecule has 0 atom stereocenters. The average molecular weight is 324 g/mol. The first-order valence-electron chi connectivity index (χ1n) is 8.48. The maximum absolute atomic E-state index is 11.5. The highest BCUT2D eigenvalue weighted by molar-refractivity contribution is 5.80. The van der Waals surface area contributed by atoms with E-state index in [-0.39, 0.29) is 11.8 Å². The van der Waals surface area contributed by atoms with E-state index < -0.39 is 0 Å². The van der Waals surface area contributed by atoms with Crippen molar-refractivity contribution in [2.45, 2.75) is 19.4 Å². The van der Waals surface area contributed by atoms with Gasteiger partial charge < -0.3 is 15.4 Å². The van der Waals surface area contributed by atoms with Crippen LogP contribution >= 0.6 is 0 Å². The summed E-state index contributed by atoms with van der Waals surface area (Å²) in [6, 6.07) is 16.5. The molecule has 4 nitrogen and oxygen atoms in total. The number of carbonyl (C=O) groups excluding carboxylic acids is 1. The number of rotatable bonds is 8. The molecule has 0 aromatic heterocycles. The number of para-hydroxylation sites is 1. The third-order valence-electron chi connectivity index (χ3n) is 4.25. The number of nitrogens with one attached hydrogen (secondary N) is 2. The van der Waals surface area contributed by atoms with Gasteiger partial charge in [0.05, 0.1) is 7.11 Å². The van der Waals surface area contributed by atoms with Gasteiger partial charge in [-0.05, 0) is 30.0 Å². The van der Waals surface area contributed by atoms with Gasteiger partial charge in [-0.2, -0.15) is 0 Å². The Morgan fingerprint density at radius 1 is 1.08 bits per heavy atom. The van der Waals surface area contributed by atoms with Gasteiger partial charge in [0.2, 0.25) is 5.91 Å². The molecule has 0 heterocycles. The van der Waals surface area contributed by atoms with Crippen molar-refractivity contribution < 1.29 is 9.53 Å². The van der Waals surface area contributed by atoms with Crippen LogP contribution in [-0.2, 0) is 11.3 Å². The Bertz CT molecular complexity index is 678. The van der Waals surface area contributed by atoms with Crippen molar-refractivity contribution in [1.29, 1.82) is 0 Å². The van der Waals surface area contributed by atoms with Gasteiger partial charge >= 0.3 is 0 Å². The molecule has 0 unspecified atom stereocenters. The lowest BCUT2D eigenvalue weighted by atomic mass is 10.0. The monoisotopic (exact) mass is 324 g/mol. The van der Waals surface area contributed by atoms with E-state index in [0.29, 0.717) is 6.54 Å². The summed E-state index contributed by atoms with van der Waals surface area (Å²) in [5.41, 5.74) is 3.47. The topological polar surface area (TPSA) is 50.4 Å². The van der Waals surface area contributed by atoms with Gasteiger partial charge in [0.15, 0.2) is 0 Å². The number of ether oxygens (including phenoxy) is 1. The SMILES string of the molecule is COc1ccccc1-c1ccc(CNCCNC(=O)C2CC2)cc1. The fourth-order valence-corrected chi connectivity index (χ4v) is 2.68. The smallest absolute Gasteiger partial charge is 0.223 e. The number of amides is 1. The van der Waals surface area contributed by atoms with Gasteiger partial charge in [0.1, 0.15) is 5.75 Å². The zero-order chi connectivity index (χ0) is 16.8. The zero-order valence-electron chi connectivity index (χ0n) is 14.0. The fraction of sp³-hybridized carbons (Fsp3) is 0.350. The van der Waals surface area contributed by atoms with Crippen LogP contribution in [0.15, 0.2) is 48.5 Å². The maximum atomic E-state index is 11.5. The van der Waals surface area contributed by atoms with Gasteiger partial charge in [-0.25, -0.2) is 0 Å². The number of benzene rings is 2. The summed E-state index contributed by atoms with van der Waals surface area (Å²) in [6.45, 7) is 2.27. The number of methoxy groups -OCH3 is 1. The maximum Gasteiger partial charge on any atom is 0.223 e. The molecule has 24 heavy (non-hydrogen) atoms. The van der Waals surface area contributed by atoms with Crippen LogP contribution in [0.5, 0.6) is 5.75 Å². The van der Waals surface area contributed by atoms with Crippen LogP contribution in [0.4, 0.5) is 0 Å². The van der Waals surface area contributed by atoms with Crippen LogP contribution in [0.3, 0.4) is 0 Å². The van der Waals surface area contributed by atoms with E-state index in [1.54, 1.807) is 7.11 Å². The van der Waals surface area contributed by atoms with Crippen molar-refractivity contribution in [3.63, 3.8) is 0 Å². The Morgan fingerprint density at radius 2 is 1.83 bits per heavy atom. The molecule has 126 valence electrons. The summed E-state index contributed by atoms with van der Waals surface area (Å²) >= 11 is 0. The molecule has 4 heteroatoms. The predicted molar refractivity (Wildman–Crippen MR) is 95.9 cm³/mol. The van der Waals surface area contributed by atoms with Crippen LogP contribution in [0, 0.1) is 5.92 Å². The van der Waals surface area contributed by atoms with E-state index in [1.165, 1.54) is 5.56 Å². The fourth-order valence-electron chi connectivity index (χ4n) is 2.68. The van der Waals surface area contributed by atoms with E-state index in [1.807, 2.05) is 18.2 Å². The summed E-state index contributed by atoms with van der Waals surface area (Å²) in [4.78, 5) is 11.5. The molecule has 0 bridgehead atoms. The molecule has 1 aliphatic carbocycles. The Morgan fingerprint density at radius 3 is 2.54 bits per heavy atom. The molecule has 1 amide bonds. The number of hydrogen-bond donors (Lipinski definition) is 2. The standard InChI is InChI=1S/C20H24N2O2/c1-24-19-5-3-2-4-18(19)16-8-6-15(7-9-16)14-21-12-13-22-20(23)17-10-11-17/h2-9,17,21H,10-14H2,1H3,(H,22,23). The summed E-state index contributed by atoms with van der Waals surface area (Å²) in [6.07, 6.45) is 2.11. The molecule has 0 saturated heterocycles. The predicted octanol–water partition coefficient (Wildman–Crippen LogP) is 2.98. The molecule has 2 aromatic carbocycles. The highest BCUT2D eigenvalue weighted by atomic mass is 16.5. The number of hydrogen-bond acceptors (Lipinski definition) is 3. The molecule has 3 rings (SSSR count). The van der Waals surface area contributed by atoms with Gasteiger partial charge in [-0.1, -0.05) is 42.5 Å². The molecule has 0 aliphatic heterocycles. The second-order valence-electron chi connectivity index (χ2n) is 6.14. The first kappa shape index (κ1) is 16.5. The Kier molecular flexibility index (Phi) is 5.49. The second kappa shape index (κ2) is 7.97. The minimum atomic E-state index is 0.206. The van der Waals surface area contributed by atoms with E-state index in [9.17, 15) is 4.79 Å². The summed E-state index contributed by atoms with van der Waals surface area (Å²) in [5, 5.41) is 6.32. The summed E-state index contributed by atoms with van der Waals surface area (Å²) in [7, 11) is 1.69. The largest absolute Gasteiger partial charge is 0.496 e. The Balaban J connectivity index is 1.46. The van der Waals surface area contributed by atoms with Gasteiger partial charge in [0, 0.05) is 31.1 Å². The van der Waals surface area contributed by atoms with Crippen molar-refractivity contribution in [1.82, 2.24) is 10.6 Å². The normalized spacial score (nSPS) is 13.5. The summed E-state index contributed by atoms with van der Waals surface area (Å²) in [5.74, 6) is 1.38. The molecule has 1 saturated carbocycles. The van der Waals surface area contributed by atoms with Crippen molar-refractivity contribution in [2.24, 2.45) is 5.92 Å². The molecule has 1 aliphatic rings. The molecular weight excluding hydrogens is 300 g/mol. The van der Waals surface area contributed by atoms with Gasteiger partial charge in [-0.3, -0.25) is 4.79 Å². The van der Waals surface area contributed by atoms with Crippen molar-refractivity contribution >= 4 is 5.91 Å². The van der Waals surface area contributed by atoms with E-state index >= 15 is 0 Å². The third-order valence-corrected chi connectivity index (χ3v) is 4.25. The quantitative estimate of drug-likeness (QED) is 0.734. The third kappa shape index (κ3) is 4.36. The van der Waals surface area contributed by atoms with Crippen LogP contribution in [-0.4, -0.2) is 26.1 Å². The lowest BCUT2D eigenvalue weighted by Gasteiger charge is -2.10. The Labute approximate surface area is 143 Å². The van der Waals surface area contributed by atoms with Crippen molar-refractivity contribution in [2.75, 3.05) is 20.2 Å². The molecule has 0 spiro atoms. The minimum absolute atomic E-state index is 0.206. The van der Waals surface area contributed by atoms with Crippen LogP contribution in [0.2, 0.25) is 0 Å². The van der Waals surface area contributed by atoms with Gasteiger partial charge in [0.25, 0.3) is 0 Å².